The molecule has 0 amide bonds. The molecule has 1 saturated heterocycles. The van der Waals surface area contributed by atoms with Crippen LogP contribution in [0.1, 0.15) is 48.8 Å². The van der Waals surface area contributed by atoms with Crippen molar-refractivity contribution >= 4 is 11.3 Å². The van der Waals surface area contributed by atoms with Gasteiger partial charge in [-0.2, -0.15) is 0 Å². The van der Waals surface area contributed by atoms with Crippen molar-refractivity contribution in [2.75, 3.05) is 19.6 Å². The number of hydrogen-bond donors (Lipinski definition) is 1. The maximum absolute atomic E-state index is 3.64. The highest BCUT2D eigenvalue weighted by Crippen LogP contribution is 2.36. The molecule has 1 spiro atoms. The summed E-state index contributed by atoms with van der Waals surface area (Å²) in [5.41, 5.74) is 0.465. The molecule has 3 heteroatoms. The second kappa shape index (κ2) is 5.94. The van der Waals surface area contributed by atoms with E-state index in [0.717, 1.165) is 6.54 Å². The summed E-state index contributed by atoms with van der Waals surface area (Å²) in [4.78, 5) is 5.88. The Hall–Kier alpha value is -0.380. The lowest BCUT2D eigenvalue weighted by Crippen LogP contribution is -2.61. The van der Waals surface area contributed by atoms with Crippen LogP contribution in [-0.2, 0) is 13.0 Å². The number of nitrogens with one attached hydrogen (secondary N) is 1. The fraction of sp³-hybridized carbons (Fsp3) is 0.750. The summed E-state index contributed by atoms with van der Waals surface area (Å²) in [5, 5.41) is 3.64. The topological polar surface area (TPSA) is 15.3 Å². The molecule has 19 heavy (non-hydrogen) atoms. The number of piperazine rings is 1. The summed E-state index contributed by atoms with van der Waals surface area (Å²) in [6.45, 7) is 7.02. The smallest absolute Gasteiger partial charge is 0.0338 e. The van der Waals surface area contributed by atoms with E-state index < -0.39 is 0 Å². The van der Waals surface area contributed by atoms with Crippen molar-refractivity contribution in [1.29, 1.82) is 0 Å². The molecule has 1 saturated carbocycles. The van der Waals surface area contributed by atoms with Crippen molar-refractivity contribution in [2.24, 2.45) is 0 Å². The van der Waals surface area contributed by atoms with Crippen molar-refractivity contribution in [3.05, 3.63) is 21.9 Å². The van der Waals surface area contributed by atoms with Gasteiger partial charge in [-0.25, -0.2) is 0 Å². The van der Waals surface area contributed by atoms with Gasteiger partial charge in [0.1, 0.15) is 0 Å². The van der Waals surface area contributed by atoms with E-state index >= 15 is 0 Å². The molecule has 1 aromatic heterocycles. The lowest BCUT2D eigenvalue weighted by molar-refractivity contribution is 0.0217. The highest BCUT2D eigenvalue weighted by molar-refractivity contribution is 7.11. The third kappa shape index (κ3) is 2.88. The van der Waals surface area contributed by atoms with Crippen LogP contribution in [0.15, 0.2) is 12.1 Å². The summed E-state index contributed by atoms with van der Waals surface area (Å²) in [6, 6.07) is 4.66. The van der Waals surface area contributed by atoms with Gasteiger partial charge in [0.2, 0.25) is 0 Å². The zero-order chi connectivity index (χ0) is 13.1. The Morgan fingerprint density at radius 3 is 2.74 bits per heavy atom. The summed E-state index contributed by atoms with van der Waals surface area (Å²) >= 11 is 2.01. The number of nitrogens with zero attached hydrogens (tertiary/aromatic N) is 1. The number of hydrogen-bond acceptors (Lipinski definition) is 3. The van der Waals surface area contributed by atoms with Gasteiger partial charge in [0.15, 0.2) is 0 Å². The molecule has 1 N–H and O–H groups in total. The minimum absolute atomic E-state index is 0.465. The third-order valence-corrected chi connectivity index (χ3v) is 6.09. The van der Waals surface area contributed by atoms with Crippen LogP contribution in [0, 0.1) is 0 Å². The molecule has 2 fully saturated rings. The van der Waals surface area contributed by atoms with Crippen LogP contribution in [0.25, 0.3) is 0 Å². The zero-order valence-electron chi connectivity index (χ0n) is 12.1. The fourth-order valence-electron chi connectivity index (χ4n) is 3.72. The molecule has 1 aliphatic carbocycles. The summed E-state index contributed by atoms with van der Waals surface area (Å²) in [7, 11) is 0. The molecule has 1 aromatic rings. The Bertz CT molecular complexity index is 398. The average Bonchev–Trinajstić information content (AvgIpc) is 2.90. The highest BCUT2D eigenvalue weighted by Gasteiger charge is 2.39. The zero-order valence-corrected chi connectivity index (χ0v) is 12.9. The molecule has 106 valence electrons. The van der Waals surface area contributed by atoms with Gasteiger partial charge in [0.05, 0.1) is 0 Å². The van der Waals surface area contributed by atoms with Crippen molar-refractivity contribution in [2.45, 2.75) is 57.5 Å². The van der Waals surface area contributed by atoms with Gasteiger partial charge in [0, 0.05) is 41.5 Å². The van der Waals surface area contributed by atoms with E-state index in [-0.39, 0.29) is 0 Å². The first-order chi connectivity index (χ1) is 9.32. The van der Waals surface area contributed by atoms with E-state index in [1.54, 1.807) is 4.88 Å². The molecular weight excluding hydrogens is 252 g/mol. The van der Waals surface area contributed by atoms with Gasteiger partial charge < -0.3 is 5.32 Å². The maximum Gasteiger partial charge on any atom is 0.0338 e. The Labute approximate surface area is 121 Å². The van der Waals surface area contributed by atoms with Crippen molar-refractivity contribution in [3.63, 3.8) is 0 Å². The molecule has 0 unspecified atom stereocenters. The first-order valence-electron chi connectivity index (χ1n) is 7.86. The summed E-state index contributed by atoms with van der Waals surface area (Å²) in [6.07, 6.45) is 8.25. The van der Waals surface area contributed by atoms with Gasteiger partial charge >= 0.3 is 0 Å². The van der Waals surface area contributed by atoms with Gasteiger partial charge in [-0.15, -0.1) is 11.3 Å². The van der Waals surface area contributed by atoms with Crippen molar-refractivity contribution in [3.8, 4) is 0 Å². The van der Waals surface area contributed by atoms with Crippen molar-refractivity contribution < 1.29 is 0 Å². The molecule has 2 nitrogen and oxygen atoms in total. The van der Waals surface area contributed by atoms with Crippen LogP contribution in [-0.4, -0.2) is 30.1 Å². The van der Waals surface area contributed by atoms with Crippen LogP contribution in [0.2, 0.25) is 0 Å². The molecule has 1 aliphatic heterocycles. The van der Waals surface area contributed by atoms with Gasteiger partial charge in [-0.05, 0) is 31.4 Å². The Morgan fingerprint density at radius 1 is 1.21 bits per heavy atom. The molecule has 2 heterocycles. The molecule has 0 atom stereocenters. The largest absolute Gasteiger partial charge is 0.314 e. The van der Waals surface area contributed by atoms with Crippen LogP contribution in [0.5, 0.6) is 0 Å². The second-order valence-corrected chi connectivity index (χ2v) is 7.36. The Balaban J connectivity index is 1.73. The van der Waals surface area contributed by atoms with Crippen molar-refractivity contribution in [1.82, 2.24) is 10.2 Å². The minimum atomic E-state index is 0.465. The molecule has 0 radical (unpaired) electrons. The lowest BCUT2D eigenvalue weighted by atomic mass is 9.79. The first-order valence-corrected chi connectivity index (χ1v) is 8.67. The van der Waals surface area contributed by atoms with E-state index in [4.69, 9.17) is 0 Å². The minimum Gasteiger partial charge on any atom is -0.314 e. The predicted octanol–water partition coefficient (Wildman–Crippen LogP) is 3.42. The molecule has 0 aromatic carbocycles. The standard InChI is InChI=1S/C16H26N2S/c1-2-14-6-7-15(19-14)12-18-11-10-17-13-16(18)8-4-3-5-9-16/h6-7,17H,2-5,8-13H2,1H3. The average molecular weight is 278 g/mol. The summed E-state index contributed by atoms with van der Waals surface area (Å²) in [5.74, 6) is 0. The SMILES string of the molecule is CCc1ccc(CN2CCNCC23CCCCC3)s1. The second-order valence-electron chi connectivity index (χ2n) is 6.10. The van der Waals surface area contributed by atoms with E-state index in [0.29, 0.717) is 5.54 Å². The van der Waals surface area contributed by atoms with Gasteiger partial charge in [-0.3, -0.25) is 4.90 Å². The number of aryl methyl sites for hydroxylation is 1. The summed E-state index contributed by atoms with van der Waals surface area (Å²) < 4.78 is 0. The molecule has 2 aliphatic rings. The van der Waals surface area contributed by atoms with Crippen LogP contribution in [0.3, 0.4) is 0 Å². The normalized spacial score (nSPS) is 23.8. The van der Waals surface area contributed by atoms with E-state index in [9.17, 15) is 0 Å². The van der Waals surface area contributed by atoms with Gasteiger partial charge in [0.25, 0.3) is 0 Å². The monoisotopic (exact) mass is 278 g/mol. The quantitative estimate of drug-likeness (QED) is 0.911. The Morgan fingerprint density at radius 2 is 2.00 bits per heavy atom. The number of thiophene rings is 1. The fourth-order valence-corrected chi connectivity index (χ4v) is 4.69. The van der Waals surface area contributed by atoms with Crippen LogP contribution < -0.4 is 5.32 Å². The van der Waals surface area contributed by atoms with E-state index in [1.807, 2.05) is 11.3 Å². The molecular formula is C16H26N2S. The lowest BCUT2D eigenvalue weighted by Gasteiger charge is -2.49. The first kappa shape index (κ1) is 13.6. The van der Waals surface area contributed by atoms with Crippen LogP contribution in [0.4, 0.5) is 0 Å². The van der Waals surface area contributed by atoms with E-state index in [2.05, 4.69) is 29.3 Å². The van der Waals surface area contributed by atoms with Gasteiger partial charge in [-0.1, -0.05) is 26.2 Å². The molecule has 3 rings (SSSR count). The maximum atomic E-state index is 3.64. The third-order valence-electron chi connectivity index (χ3n) is 4.88. The number of rotatable bonds is 3. The highest BCUT2D eigenvalue weighted by atomic mass is 32.1. The predicted molar refractivity (Wildman–Crippen MR) is 82.8 cm³/mol. The molecule has 0 bridgehead atoms. The van der Waals surface area contributed by atoms with E-state index in [1.165, 1.54) is 63.0 Å². The van der Waals surface area contributed by atoms with Crippen LogP contribution >= 0.6 is 11.3 Å². The Kier molecular flexibility index (Phi) is 4.25.